The maximum Gasteiger partial charge on any atom is 0.321 e. The SMILES string of the molecule is C[C@@H]1CN(c2ccc(NC(=O)N3CCC(NS(=O)(=O)C(C)(C)C)CC3)cc2F)C[C@H](C)O1. The molecule has 2 aliphatic heterocycles. The summed E-state index contributed by atoms with van der Waals surface area (Å²) in [5.41, 5.74) is 0.887. The quantitative estimate of drug-likeness (QED) is 0.706. The number of rotatable bonds is 4. The number of halogens is 1. The number of benzene rings is 1. The molecule has 10 heteroatoms. The summed E-state index contributed by atoms with van der Waals surface area (Å²) in [7, 11) is -3.43. The molecule has 3 rings (SSSR count). The molecule has 0 aliphatic carbocycles. The first-order chi connectivity index (χ1) is 14.9. The van der Waals surface area contributed by atoms with Gasteiger partial charge in [-0.1, -0.05) is 0 Å². The molecule has 2 fully saturated rings. The van der Waals surface area contributed by atoms with Crippen LogP contribution < -0.4 is 14.9 Å². The standard InChI is InChI=1S/C22H35FN4O4S/c1-15-13-27(14-16(2)31-15)20-7-6-18(12-19(20)23)24-21(28)26-10-8-17(9-11-26)25-32(29,30)22(3,4)5/h6-7,12,15-17,25H,8-11,13-14H2,1-5H3,(H,24,28)/t15-,16+. The number of likely N-dealkylation sites (tertiary alicyclic amines) is 1. The van der Waals surface area contributed by atoms with Crippen molar-refractivity contribution in [2.45, 2.75) is 70.5 Å². The predicted molar refractivity (Wildman–Crippen MR) is 124 cm³/mol. The molecule has 8 nitrogen and oxygen atoms in total. The van der Waals surface area contributed by atoms with Crippen LogP contribution in [-0.4, -0.2) is 68.5 Å². The van der Waals surface area contributed by atoms with Gasteiger partial charge >= 0.3 is 6.03 Å². The largest absolute Gasteiger partial charge is 0.372 e. The molecule has 32 heavy (non-hydrogen) atoms. The van der Waals surface area contributed by atoms with E-state index in [9.17, 15) is 17.6 Å². The van der Waals surface area contributed by atoms with E-state index in [4.69, 9.17) is 4.74 Å². The third-order valence-corrected chi connectivity index (χ3v) is 8.13. The lowest BCUT2D eigenvalue weighted by Gasteiger charge is -2.37. The van der Waals surface area contributed by atoms with Gasteiger partial charge in [-0.2, -0.15) is 0 Å². The Balaban J connectivity index is 1.55. The molecule has 2 N–H and O–H groups in total. The van der Waals surface area contributed by atoms with Crippen molar-refractivity contribution in [3.05, 3.63) is 24.0 Å². The zero-order valence-corrected chi connectivity index (χ0v) is 20.3. The first-order valence-electron chi connectivity index (χ1n) is 11.1. The first kappa shape index (κ1) is 24.7. The van der Waals surface area contributed by atoms with E-state index in [1.807, 2.05) is 18.7 Å². The Kier molecular flexibility index (Phi) is 7.36. The third-order valence-electron chi connectivity index (χ3n) is 5.87. The normalized spacial score (nSPS) is 23.3. The fraction of sp³-hybridized carbons (Fsp3) is 0.682. The summed E-state index contributed by atoms with van der Waals surface area (Å²) < 4.78 is 47.0. The molecule has 0 radical (unpaired) electrons. The molecule has 0 bridgehead atoms. The number of nitrogens with zero attached hydrogens (tertiary/aromatic N) is 2. The Morgan fingerprint density at radius 1 is 1.12 bits per heavy atom. The van der Waals surface area contributed by atoms with Crippen LogP contribution in [-0.2, 0) is 14.8 Å². The van der Waals surface area contributed by atoms with E-state index < -0.39 is 14.8 Å². The fourth-order valence-electron chi connectivity index (χ4n) is 4.01. The molecule has 2 aliphatic rings. The summed E-state index contributed by atoms with van der Waals surface area (Å²) >= 11 is 0. The summed E-state index contributed by atoms with van der Waals surface area (Å²) in [6, 6.07) is 4.21. The molecule has 180 valence electrons. The number of sulfonamides is 1. The topological polar surface area (TPSA) is 91.0 Å². The molecule has 1 aromatic carbocycles. The van der Waals surface area contributed by atoms with Gasteiger partial charge in [-0.25, -0.2) is 22.3 Å². The van der Waals surface area contributed by atoms with Crippen molar-refractivity contribution < 1.29 is 22.3 Å². The Hall–Kier alpha value is -1.91. The first-order valence-corrected chi connectivity index (χ1v) is 12.6. The molecular weight excluding hydrogens is 435 g/mol. The van der Waals surface area contributed by atoms with Crippen molar-refractivity contribution in [2.75, 3.05) is 36.4 Å². The van der Waals surface area contributed by atoms with Gasteiger partial charge in [0, 0.05) is 37.9 Å². The average molecular weight is 471 g/mol. The molecule has 0 aromatic heterocycles. The average Bonchev–Trinajstić information content (AvgIpc) is 2.66. The Labute approximate surface area is 190 Å². The lowest BCUT2D eigenvalue weighted by Crippen LogP contribution is -2.50. The van der Waals surface area contributed by atoms with Crippen LogP contribution in [0.4, 0.5) is 20.6 Å². The van der Waals surface area contributed by atoms with Gasteiger partial charge in [0.25, 0.3) is 0 Å². The number of anilines is 2. The minimum atomic E-state index is -3.43. The van der Waals surface area contributed by atoms with Gasteiger partial charge in [0.2, 0.25) is 10.0 Å². The van der Waals surface area contributed by atoms with Gasteiger partial charge in [0.1, 0.15) is 5.82 Å². The van der Waals surface area contributed by atoms with Gasteiger partial charge in [0.15, 0.2) is 0 Å². The molecule has 2 heterocycles. The summed E-state index contributed by atoms with van der Waals surface area (Å²) in [5, 5.41) is 2.75. The minimum absolute atomic E-state index is 0.0216. The second-order valence-electron chi connectivity index (χ2n) is 9.75. The van der Waals surface area contributed by atoms with Gasteiger partial charge in [-0.3, -0.25) is 0 Å². The Morgan fingerprint density at radius 2 is 1.72 bits per heavy atom. The lowest BCUT2D eigenvalue weighted by atomic mass is 10.1. The number of ether oxygens (including phenoxy) is 1. The van der Waals surface area contributed by atoms with Crippen molar-refractivity contribution in [3.8, 4) is 0 Å². The molecule has 0 saturated carbocycles. The van der Waals surface area contributed by atoms with Crippen molar-refractivity contribution in [1.82, 2.24) is 9.62 Å². The summed E-state index contributed by atoms with van der Waals surface area (Å²) in [5.74, 6) is -0.389. The van der Waals surface area contributed by atoms with Gasteiger partial charge in [-0.05, 0) is 65.7 Å². The van der Waals surface area contributed by atoms with Crippen LogP contribution >= 0.6 is 0 Å². The molecule has 2 amide bonds. The third kappa shape index (κ3) is 5.90. The second kappa shape index (κ2) is 9.52. The Bertz CT molecular complexity index is 916. The van der Waals surface area contributed by atoms with E-state index in [1.54, 1.807) is 37.8 Å². The lowest BCUT2D eigenvalue weighted by molar-refractivity contribution is -0.00539. The van der Waals surface area contributed by atoms with Gasteiger partial charge < -0.3 is 19.9 Å². The number of nitrogens with one attached hydrogen (secondary N) is 2. The van der Waals surface area contributed by atoms with E-state index >= 15 is 0 Å². The number of piperidine rings is 1. The van der Waals surface area contributed by atoms with Crippen LogP contribution in [0, 0.1) is 5.82 Å². The number of hydrogen-bond donors (Lipinski definition) is 2. The maximum atomic E-state index is 14.8. The summed E-state index contributed by atoms with van der Waals surface area (Å²) in [4.78, 5) is 16.2. The monoisotopic (exact) mass is 470 g/mol. The number of morpholine rings is 1. The van der Waals surface area contributed by atoms with E-state index in [-0.39, 0.29) is 30.1 Å². The van der Waals surface area contributed by atoms with Crippen molar-refractivity contribution in [1.29, 1.82) is 0 Å². The number of amides is 2. The van der Waals surface area contributed by atoms with Crippen LogP contribution in [0.25, 0.3) is 0 Å². The minimum Gasteiger partial charge on any atom is -0.372 e. The molecule has 0 unspecified atom stereocenters. The van der Waals surface area contributed by atoms with E-state index in [2.05, 4.69) is 10.0 Å². The van der Waals surface area contributed by atoms with E-state index in [1.165, 1.54) is 6.07 Å². The Morgan fingerprint density at radius 3 is 2.25 bits per heavy atom. The number of hydrogen-bond acceptors (Lipinski definition) is 5. The smallest absolute Gasteiger partial charge is 0.321 e. The molecule has 2 atom stereocenters. The second-order valence-corrected chi connectivity index (χ2v) is 12.2. The summed E-state index contributed by atoms with van der Waals surface area (Å²) in [6.07, 6.45) is 1.11. The van der Waals surface area contributed by atoms with Gasteiger partial charge in [-0.15, -0.1) is 0 Å². The number of carbonyl (C=O) groups excluding carboxylic acids is 1. The fourth-order valence-corrected chi connectivity index (χ4v) is 5.04. The molecule has 0 spiro atoms. The highest BCUT2D eigenvalue weighted by Gasteiger charge is 2.33. The highest BCUT2D eigenvalue weighted by Crippen LogP contribution is 2.26. The van der Waals surface area contributed by atoms with Crippen LogP contribution in [0.3, 0.4) is 0 Å². The zero-order chi connectivity index (χ0) is 23.7. The zero-order valence-electron chi connectivity index (χ0n) is 19.5. The van der Waals surface area contributed by atoms with Crippen molar-refractivity contribution in [2.24, 2.45) is 0 Å². The molecular formula is C22H35FN4O4S. The van der Waals surface area contributed by atoms with E-state index in [0.717, 1.165) is 0 Å². The van der Waals surface area contributed by atoms with Gasteiger partial charge in [0.05, 0.1) is 22.6 Å². The molecule has 2 saturated heterocycles. The number of urea groups is 1. The highest BCUT2D eigenvalue weighted by atomic mass is 32.2. The maximum absolute atomic E-state index is 14.8. The number of carbonyl (C=O) groups is 1. The van der Waals surface area contributed by atoms with Crippen LogP contribution in [0.15, 0.2) is 18.2 Å². The van der Waals surface area contributed by atoms with Crippen LogP contribution in [0.2, 0.25) is 0 Å². The van der Waals surface area contributed by atoms with Crippen molar-refractivity contribution >= 4 is 27.4 Å². The van der Waals surface area contributed by atoms with E-state index in [0.29, 0.717) is 50.4 Å². The summed E-state index contributed by atoms with van der Waals surface area (Å²) in [6.45, 7) is 11.0. The van der Waals surface area contributed by atoms with Crippen LogP contribution in [0.5, 0.6) is 0 Å². The van der Waals surface area contributed by atoms with Crippen LogP contribution in [0.1, 0.15) is 47.5 Å². The highest BCUT2D eigenvalue weighted by molar-refractivity contribution is 7.90. The van der Waals surface area contributed by atoms with Crippen molar-refractivity contribution in [3.63, 3.8) is 0 Å². The molecule has 1 aromatic rings. The predicted octanol–water partition coefficient (Wildman–Crippen LogP) is 3.15.